The molecule has 2 rings (SSSR count). The third-order valence-electron chi connectivity index (χ3n) is 2.79. The van der Waals surface area contributed by atoms with E-state index < -0.39 is 0 Å². The summed E-state index contributed by atoms with van der Waals surface area (Å²) < 4.78 is 9.00. The largest absolute Gasteiger partial charge is 0.452 e. The van der Waals surface area contributed by atoms with Crippen molar-refractivity contribution in [1.82, 2.24) is 14.7 Å². The van der Waals surface area contributed by atoms with Gasteiger partial charge in [-0.1, -0.05) is 0 Å². The lowest BCUT2D eigenvalue weighted by Gasteiger charge is -2.15. The molecular formula is C12H16Br2N4O. The molecule has 0 aliphatic rings. The second kappa shape index (κ2) is 6.21. The van der Waals surface area contributed by atoms with Crippen LogP contribution >= 0.6 is 31.9 Å². The van der Waals surface area contributed by atoms with Gasteiger partial charge in [0.1, 0.15) is 11.8 Å². The Morgan fingerprint density at radius 1 is 1.42 bits per heavy atom. The third-order valence-corrected chi connectivity index (χ3v) is 3.82. The van der Waals surface area contributed by atoms with E-state index >= 15 is 0 Å². The molecule has 2 heterocycles. The first-order valence-corrected chi connectivity index (χ1v) is 7.44. The number of hydrogen-bond acceptors (Lipinski definition) is 4. The fourth-order valence-corrected chi connectivity index (χ4v) is 2.65. The molecule has 0 saturated heterocycles. The van der Waals surface area contributed by atoms with E-state index in [2.05, 4.69) is 41.9 Å². The highest BCUT2D eigenvalue weighted by Gasteiger charge is 2.21. The average molecular weight is 392 g/mol. The van der Waals surface area contributed by atoms with E-state index in [1.807, 2.05) is 30.9 Å². The molecule has 104 valence electrons. The van der Waals surface area contributed by atoms with Crippen LogP contribution < -0.4 is 5.73 Å². The fourth-order valence-electron chi connectivity index (χ4n) is 1.78. The fraction of sp³-hybridized carbons (Fsp3) is 0.417. The van der Waals surface area contributed by atoms with Gasteiger partial charge in [-0.15, -0.1) is 0 Å². The minimum atomic E-state index is -0.342. The Morgan fingerprint density at radius 3 is 2.74 bits per heavy atom. The first-order valence-electron chi connectivity index (χ1n) is 5.85. The molecule has 0 radical (unpaired) electrons. The lowest BCUT2D eigenvalue weighted by atomic mass is 10.1. The van der Waals surface area contributed by atoms with E-state index in [-0.39, 0.29) is 6.04 Å². The van der Waals surface area contributed by atoms with Crippen LogP contribution in [0.3, 0.4) is 0 Å². The summed E-state index contributed by atoms with van der Waals surface area (Å²) in [4.78, 5) is 2.11. The molecule has 5 nitrogen and oxygen atoms in total. The molecule has 0 saturated carbocycles. The van der Waals surface area contributed by atoms with Crippen LogP contribution in [-0.2, 0) is 6.54 Å². The standard InChI is InChI=1S/C12H16Br2N4O/c1-17(2)5-6-18-12(8(13)7-16-18)11(15)9-3-4-10(14)19-9/h3-4,7,11H,5-6,15H2,1-2H3. The zero-order valence-electron chi connectivity index (χ0n) is 10.8. The molecule has 7 heteroatoms. The maximum absolute atomic E-state index is 6.26. The monoisotopic (exact) mass is 390 g/mol. The van der Waals surface area contributed by atoms with E-state index in [1.54, 1.807) is 6.20 Å². The highest BCUT2D eigenvalue weighted by Crippen LogP contribution is 2.29. The molecule has 1 atom stereocenters. The quantitative estimate of drug-likeness (QED) is 0.850. The number of nitrogens with two attached hydrogens (primary N) is 1. The molecule has 19 heavy (non-hydrogen) atoms. The summed E-state index contributed by atoms with van der Waals surface area (Å²) in [6, 6.07) is 3.36. The summed E-state index contributed by atoms with van der Waals surface area (Å²) in [7, 11) is 4.06. The van der Waals surface area contributed by atoms with Gasteiger partial charge in [0.2, 0.25) is 0 Å². The predicted molar refractivity (Wildman–Crippen MR) is 80.9 cm³/mol. The Bertz CT molecular complexity index is 550. The summed E-state index contributed by atoms with van der Waals surface area (Å²) in [6.07, 6.45) is 1.77. The SMILES string of the molecule is CN(C)CCn1ncc(Br)c1C(N)c1ccc(Br)o1. The molecule has 2 aromatic rings. The van der Waals surface area contributed by atoms with Crippen molar-refractivity contribution in [2.45, 2.75) is 12.6 Å². The lowest BCUT2D eigenvalue weighted by Crippen LogP contribution is -2.23. The molecule has 0 fully saturated rings. The lowest BCUT2D eigenvalue weighted by molar-refractivity contribution is 0.365. The van der Waals surface area contributed by atoms with Crippen molar-refractivity contribution in [3.63, 3.8) is 0 Å². The van der Waals surface area contributed by atoms with Gasteiger partial charge in [0.25, 0.3) is 0 Å². The smallest absolute Gasteiger partial charge is 0.169 e. The Labute approximate surface area is 129 Å². The topological polar surface area (TPSA) is 60.2 Å². The van der Waals surface area contributed by atoms with E-state index in [9.17, 15) is 0 Å². The Morgan fingerprint density at radius 2 is 2.16 bits per heavy atom. The Kier molecular flexibility index (Phi) is 4.83. The van der Waals surface area contributed by atoms with Crippen LogP contribution in [0.15, 0.2) is 31.9 Å². The molecular weight excluding hydrogens is 376 g/mol. The number of nitrogens with zero attached hydrogens (tertiary/aromatic N) is 3. The van der Waals surface area contributed by atoms with Gasteiger partial charge in [0.05, 0.1) is 22.9 Å². The van der Waals surface area contributed by atoms with Crippen molar-refractivity contribution in [1.29, 1.82) is 0 Å². The molecule has 0 aromatic carbocycles. The zero-order valence-corrected chi connectivity index (χ0v) is 14.0. The minimum absolute atomic E-state index is 0.342. The number of furan rings is 1. The molecule has 1 unspecified atom stereocenters. The van der Waals surface area contributed by atoms with Crippen molar-refractivity contribution < 1.29 is 4.42 Å². The maximum Gasteiger partial charge on any atom is 0.169 e. The number of rotatable bonds is 5. The predicted octanol–water partition coefficient (Wildman–Crippen LogP) is 2.61. The zero-order chi connectivity index (χ0) is 14.0. The van der Waals surface area contributed by atoms with Gasteiger partial charge >= 0.3 is 0 Å². The summed E-state index contributed by atoms with van der Waals surface area (Å²) in [5, 5.41) is 4.35. The maximum atomic E-state index is 6.26. The highest BCUT2D eigenvalue weighted by atomic mass is 79.9. The van der Waals surface area contributed by atoms with Crippen LogP contribution in [0, 0.1) is 0 Å². The van der Waals surface area contributed by atoms with Crippen molar-refractivity contribution in [2.75, 3.05) is 20.6 Å². The number of hydrogen-bond donors (Lipinski definition) is 1. The van der Waals surface area contributed by atoms with Gasteiger partial charge in [-0.05, 0) is 58.1 Å². The van der Waals surface area contributed by atoms with E-state index in [1.165, 1.54) is 0 Å². The van der Waals surface area contributed by atoms with Crippen LogP contribution in [0.5, 0.6) is 0 Å². The van der Waals surface area contributed by atoms with Gasteiger partial charge in [0, 0.05) is 6.54 Å². The van der Waals surface area contributed by atoms with Crippen LogP contribution in [-0.4, -0.2) is 35.3 Å². The second-order valence-corrected chi connectivity index (χ2v) is 6.16. The van der Waals surface area contributed by atoms with Gasteiger partial charge in [-0.2, -0.15) is 5.10 Å². The van der Waals surface area contributed by atoms with Crippen LogP contribution in [0.2, 0.25) is 0 Å². The van der Waals surface area contributed by atoms with Crippen molar-refractivity contribution in [2.24, 2.45) is 5.73 Å². The Hall–Kier alpha value is -0.630. The molecule has 0 amide bonds. The average Bonchev–Trinajstić information content (AvgIpc) is 2.92. The normalized spacial score (nSPS) is 13.2. The molecule has 0 spiro atoms. The number of likely N-dealkylation sites (N-methyl/N-ethyl adjacent to an activating group) is 1. The first-order chi connectivity index (χ1) is 8.99. The summed E-state index contributed by atoms with van der Waals surface area (Å²) in [6.45, 7) is 1.68. The molecule has 0 bridgehead atoms. The summed E-state index contributed by atoms with van der Waals surface area (Å²) >= 11 is 6.79. The van der Waals surface area contributed by atoms with Crippen LogP contribution in [0.25, 0.3) is 0 Å². The summed E-state index contributed by atoms with van der Waals surface area (Å²) in [5.41, 5.74) is 7.18. The molecule has 0 aliphatic heterocycles. The Balaban J connectivity index is 2.25. The first kappa shape index (κ1) is 14.8. The van der Waals surface area contributed by atoms with Gasteiger partial charge in [0.15, 0.2) is 4.67 Å². The van der Waals surface area contributed by atoms with E-state index in [0.29, 0.717) is 10.4 Å². The van der Waals surface area contributed by atoms with Crippen LogP contribution in [0.4, 0.5) is 0 Å². The van der Waals surface area contributed by atoms with Gasteiger partial charge < -0.3 is 15.1 Å². The van der Waals surface area contributed by atoms with Crippen molar-refractivity contribution >= 4 is 31.9 Å². The number of aromatic nitrogens is 2. The van der Waals surface area contributed by atoms with Crippen molar-refractivity contribution in [3.8, 4) is 0 Å². The van der Waals surface area contributed by atoms with E-state index in [4.69, 9.17) is 10.2 Å². The van der Waals surface area contributed by atoms with Gasteiger partial charge in [-0.25, -0.2) is 0 Å². The minimum Gasteiger partial charge on any atom is -0.452 e. The second-order valence-electron chi connectivity index (χ2n) is 4.52. The molecule has 2 aromatic heterocycles. The number of halogens is 2. The van der Waals surface area contributed by atoms with E-state index in [0.717, 1.165) is 23.3 Å². The molecule has 2 N–H and O–H groups in total. The van der Waals surface area contributed by atoms with Crippen molar-refractivity contribution in [3.05, 3.63) is 38.9 Å². The molecule has 0 aliphatic carbocycles. The highest BCUT2D eigenvalue weighted by molar-refractivity contribution is 9.10. The third kappa shape index (κ3) is 3.47. The van der Waals surface area contributed by atoms with Gasteiger partial charge in [-0.3, -0.25) is 4.68 Å². The summed E-state index contributed by atoms with van der Waals surface area (Å²) in [5.74, 6) is 0.708. The van der Waals surface area contributed by atoms with Crippen LogP contribution in [0.1, 0.15) is 17.5 Å².